The van der Waals surface area contributed by atoms with E-state index in [4.69, 9.17) is 11.6 Å². The molecule has 0 aromatic heterocycles. The third kappa shape index (κ3) is 3.42. The lowest BCUT2D eigenvalue weighted by Gasteiger charge is -2.25. The maximum Gasteiger partial charge on any atom is 0.232 e. The highest BCUT2D eigenvalue weighted by Gasteiger charge is 2.22. The molecule has 22 heavy (non-hydrogen) atoms. The third-order valence-electron chi connectivity index (χ3n) is 3.61. The van der Waals surface area contributed by atoms with E-state index in [1.54, 1.807) is 18.2 Å². The lowest BCUT2D eigenvalue weighted by molar-refractivity contribution is 0.590. The van der Waals surface area contributed by atoms with Crippen LogP contribution in [0.5, 0.6) is 0 Å². The van der Waals surface area contributed by atoms with Gasteiger partial charge in [-0.2, -0.15) is 0 Å². The van der Waals surface area contributed by atoms with E-state index in [9.17, 15) is 12.8 Å². The Hall–Kier alpha value is -1.59. The molecule has 0 aliphatic heterocycles. The highest BCUT2D eigenvalue weighted by Crippen LogP contribution is 2.29. The number of benzene rings is 2. The van der Waals surface area contributed by atoms with Crippen LogP contribution in [0.4, 0.5) is 10.1 Å². The first-order valence-corrected chi connectivity index (χ1v) is 8.91. The lowest BCUT2D eigenvalue weighted by Crippen LogP contribution is -2.30. The van der Waals surface area contributed by atoms with Crippen LogP contribution >= 0.6 is 11.6 Å². The van der Waals surface area contributed by atoms with Gasteiger partial charge in [0.1, 0.15) is 5.82 Å². The molecule has 6 heteroatoms. The van der Waals surface area contributed by atoms with Crippen LogP contribution in [0.25, 0.3) is 0 Å². The average Bonchev–Trinajstić information content (AvgIpc) is 2.41. The van der Waals surface area contributed by atoms with E-state index in [0.29, 0.717) is 5.69 Å². The van der Waals surface area contributed by atoms with Crippen molar-refractivity contribution in [2.45, 2.75) is 20.4 Å². The first-order valence-electron chi connectivity index (χ1n) is 6.68. The molecule has 2 aromatic rings. The molecule has 118 valence electrons. The third-order valence-corrected chi connectivity index (χ3v) is 5.09. The zero-order valence-corrected chi connectivity index (χ0v) is 14.2. The van der Waals surface area contributed by atoms with Crippen LogP contribution in [-0.2, 0) is 16.6 Å². The summed E-state index contributed by atoms with van der Waals surface area (Å²) in [4.78, 5) is 0. The largest absolute Gasteiger partial charge is 0.266 e. The van der Waals surface area contributed by atoms with E-state index in [1.165, 1.54) is 16.4 Å². The van der Waals surface area contributed by atoms with Crippen molar-refractivity contribution in [1.82, 2.24) is 0 Å². The van der Waals surface area contributed by atoms with Gasteiger partial charge < -0.3 is 0 Å². The molecular weight excluding hydrogens is 325 g/mol. The molecule has 0 spiro atoms. The van der Waals surface area contributed by atoms with Gasteiger partial charge in [-0.25, -0.2) is 12.8 Å². The minimum Gasteiger partial charge on any atom is -0.266 e. The number of halogens is 2. The molecule has 0 aliphatic carbocycles. The quantitative estimate of drug-likeness (QED) is 0.841. The SMILES string of the molecule is Cc1cccc(N(Cc2c(F)cccc2Cl)S(C)(=O)=O)c1C. The summed E-state index contributed by atoms with van der Waals surface area (Å²) in [6.45, 7) is 3.59. The normalized spacial score (nSPS) is 11.5. The van der Waals surface area contributed by atoms with Crippen molar-refractivity contribution in [1.29, 1.82) is 0 Å². The van der Waals surface area contributed by atoms with E-state index >= 15 is 0 Å². The fraction of sp³-hybridized carbons (Fsp3) is 0.250. The van der Waals surface area contributed by atoms with Gasteiger partial charge in [-0.15, -0.1) is 0 Å². The van der Waals surface area contributed by atoms with E-state index < -0.39 is 15.8 Å². The fourth-order valence-electron chi connectivity index (χ4n) is 2.21. The molecule has 0 bridgehead atoms. The van der Waals surface area contributed by atoms with Gasteiger partial charge in [0.2, 0.25) is 10.0 Å². The highest BCUT2D eigenvalue weighted by molar-refractivity contribution is 7.92. The Morgan fingerprint density at radius 2 is 1.77 bits per heavy atom. The number of rotatable bonds is 4. The molecule has 0 saturated heterocycles. The van der Waals surface area contributed by atoms with Gasteiger partial charge in [0.25, 0.3) is 0 Å². The molecule has 0 atom stereocenters. The Balaban J connectivity index is 2.56. The molecule has 2 aromatic carbocycles. The summed E-state index contributed by atoms with van der Waals surface area (Å²) >= 11 is 6.02. The number of hydrogen-bond donors (Lipinski definition) is 0. The monoisotopic (exact) mass is 341 g/mol. The van der Waals surface area contributed by atoms with Crippen LogP contribution < -0.4 is 4.31 Å². The van der Waals surface area contributed by atoms with Gasteiger partial charge >= 0.3 is 0 Å². The Labute approximate surface area is 135 Å². The molecule has 3 nitrogen and oxygen atoms in total. The van der Waals surface area contributed by atoms with Crippen molar-refractivity contribution >= 4 is 27.3 Å². The summed E-state index contributed by atoms with van der Waals surface area (Å²) in [7, 11) is -3.58. The van der Waals surface area contributed by atoms with Crippen molar-refractivity contribution in [3.05, 3.63) is 63.9 Å². The maximum absolute atomic E-state index is 14.0. The van der Waals surface area contributed by atoms with Crippen molar-refractivity contribution < 1.29 is 12.8 Å². The summed E-state index contributed by atoms with van der Waals surface area (Å²) in [5.74, 6) is -0.522. The first-order chi connectivity index (χ1) is 10.2. The van der Waals surface area contributed by atoms with E-state index in [2.05, 4.69) is 0 Å². The maximum atomic E-state index is 14.0. The van der Waals surface area contributed by atoms with Crippen molar-refractivity contribution in [2.75, 3.05) is 10.6 Å². The molecule has 0 radical (unpaired) electrons. The molecular formula is C16H17ClFNO2S. The number of aryl methyl sites for hydroxylation is 1. The minimum atomic E-state index is -3.58. The molecule has 0 aliphatic rings. The predicted molar refractivity (Wildman–Crippen MR) is 88.4 cm³/mol. The number of anilines is 1. The molecule has 2 rings (SSSR count). The van der Waals surface area contributed by atoms with Gasteiger partial charge in [-0.1, -0.05) is 29.8 Å². The second-order valence-corrected chi connectivity index (χ2v) is 7.50. The van der Waals surface area contributed by atoms with Crippen molar-refractivity contribution in [3.63, 3.8) is 0 Å². The van der Waals surface area contributed by atoms with Gasteiger partial charge in [0.15, 0.2) is 0 Å². The Kier molecular flexibility index (Phi) is 4.78. The minimum absolute atomic E-state index is 0.144. The Morgan fingerprint density at radius 3 is 2.36 bits per heavy atom. The predicted octanol–water partition coefficient (Wildman–Crippen LogP) is 4.06. The van der Waals surface area contributed by atoms with Crippen molar-refractivity contribution in [2.24, 2.45) is 0 Å². The smallest absolute Gasteiger partial charge is 0.232 e. The summed E-state index contributed by atoms with van der Waals surface area (Å²) in [6.07, 6.45) is 1.10. The molecule has 0 N–H and O–H groups in total. The molecule has 0 saturated carbocycles. The summed E-state index contributed by atoms with van der Waals surface area (Å²) in [5, 5.41) is 0.207. The average molecular weight is 342 g/mol. The van der Waals surface area contributed by atoms with Crippen LogP contribution in [0.3, 0.4) is 0 Å². The van der Waals surface area contributed by atoms with Crippen LogP contribution in [-0.4, -0.2) is 14.7 Å². The Morgan fingerprint density at radius 1 is 1.14 bits per heavy atom. The van der Waals surface area contributed by atoms with E-state index in [-0.39, 0.29) is 17.1 Å². The number of nitrogens with zero attached hydrogens (tertiary/aromatic N) is 1. The Bertz CT molecular complexity index is 786. The summed E-state index contributed by atoms with van der Waals surface area (Å²) in [5.41, 5.74) is 2.49. The van der Waals surface area contributed by atoms with Crippen LogP contribution in [0, 0.1) is 19.7 Å². The zero-order chi connectivity index (χ0) is 16.5. The lowest BCUT2D eigenvalue weighted by atomic mass is 10.1. The second-order valence-electron chi connectivity index (χ2n) is 5.19. The number of hydrogen-bond acceptors (Lipinski definition) is 2. The molecule has 0 heterocycles. The van der Waals surface area contributed by atoms with E-state index in [0.717, 1.165) is 17.4 Å². The van der Waals surface area contributed by atoms with Gasteiger partial charge in [-0.05, 0) is 43.2 Å². The molecule has 0 fully saturated rings. The summed E-state index contributed by atoms with van der Waals surface area (Å²) in [6, 6.07) is 9.68. The molecule has 0 amide bonds. The first kappa shape index (κ1) is 16.8. The van der Waals surface area contributed by atoms with E-state index in [1.807, 2.05) is 19.9 Å². The topological polar surface area (TPSA) is 37.4 Å². The second kappa shape index (κ2) is 6.26. The van der Waals surface area contributed by atoms with Crippen LogP contribution in [0.2, 0.25) is 5.02 Å². The van der Waals surface area contributed by atoms with Gasteiger partial charge in [0.05, 0.1) is 18.5 Å². The standard InChI is InChI=1S/C16H17ClFNO2S/c1-11-6-4-9-16(12(11)2)19(22(3,20)21)10-13-14(17)7-5-8-15(13)18/h4-9H,10H2,1-3H3. The zero-order valence-electron chi connectivity index (χ0n) is 12.6. The number of sulfonamides is 1. The van der Waals surface area contributed by atoms with Crippen LogP contribution in [0.15, 0.2) is 36.4 Å². The summed E-state index contributed by atoms with van der Waals surface area (Å²) < 4.78 is 39.5. The highest BCUT2D eigenvalue weighted by atomic mass is 35.5. The van der Waals surface area contributed by atoms with Gasteiger partial charge in [0, 0.05) is 10.6 Å². The van der Waals surface area contributed by atoms with Crippen molar-refractivity contribution in [3.8, 4) is 0 Å². The molecule has 0 unspecified atom stereocenters. The fourth-order valence-corrected chi connectivity index (χ4v) is 3.36. The van der Waals surface area contributed by atoms with Gasteiger partial charge in [-0.3, -0.25) is 4.31 Å². The van der Waals surface area contributed by atoms with Crippen LogP contribution in [0.1, 0.15) is 16.7 Å².